The van der Waals surface area contributed by atoms with E-state index >= 15 is 0 Å². The number of hydrogen-bond donors (Lipinski definition) is 1. The number of hydrogen-bond acceptors (Lipinski definition) is 2. The first-order valence-corrected chi connectivity index (χ1v) is 7.13. The lowest BCUT2D eigenvalue weighted by Gasteiger charge is -2.21. The number of carbonyl (C=O) groups is 1. The Kier molecular flexibility index (Phi) is 7.25. The summed E-state index contributed by atoms with van der Waals surface area (Å²) >= 11 is 0. The molecular formula is C14H28N2O. The van der Waals surface area contributed by atoms with Crippen LogP contribution in [0.25, 0.3) is 0 Å². The van der Waals surface area contributed by atoms with Crippen molar-refractivity contribution in [3.05, 3.63) is 0 Å². The van der Waals surface area contributed by atoms with Crippen LogP contribution in [-0.2, 0) is 4.79 Å². The Labute approximate surface area is 106 Å². The predicted octanol–water partition coefficient (Wildman–Crippen LogP) is 2.56. The highest BCUT2D eigenvalue weighted by Gasteiger charge is 2.10. The maximum absolute atomic E-state index is 11.4. The van der Waals surface area contributed by atoms with Gasteiger partial charge in [-0.1, -0.05) is 32.1 Å². The minimum Gasteiger partial charge on any atom is -0.349 e. The van der Waals surface area contributed by atoms with E-state index in [1.165, 1.54) is 44.9 Å². The van der Waals surface area contributed by atoms with Crippen molar-refractivity contribution in [3.63, 3.8) is 0 Å². The van der Waals surface area contributed by atoms with Crippen LogP contribution in [0.2, 0.25) is 0 Å². The van der Waals surface area contributed by atoms with Crippen molar-refractivity contribution in [3.8, 4) is 0 Å². The zero-order valence-electron chi connectivity index (χ0n) is 11.5. The quantitative estimate of drug-likeness (QED) is 0.749. The van der Waals surface area contributed by atoms with Gasteiger partial charge in [-0.05, 0) is 25.8 Å². The van der Waals surface area contributed by atoms with Gasteiger partial charge in [0.15, 0.2) is 0 Å². The van der Waals surface area contributed by atoms with Gasteiger partial charge >= 0.3 is 0 Å². The number of amides is 1. The van der Waals surface area contributed by atoms with Crippen LogP contribution in [0.15, 0.2) is 0 Å². The molecule has 3 nitrogen and oxygen atoms in total. The summed E-state index contributed by atoms with van der Waals surface area (Å²) in [5.41, 5.74) is 0. The smallest absolute Gasteiger partial charge is 0.222 e. The standard InChI is InChI=1S/C14H28N2O/c1-16(2)14(17)11-8-12-15-13-9-6-4-3-5-7-10-13/h13,15H,3-12H2,1-2H3. The number of rotatable bonds is 5. The second-order valence-electron chi connectivity index (χ2n) is 5.39. The normalized spacial score (nSPS) is 18.5. The van der Waals surface area contributed by atoms with E-state index in [4.69, 9.17) is 0 Å². The lowest BCUT2D eigenvalue weighted by molar-refractivity contribution is -0.128. The molecule has 0 unspecified atom stereocenters. The van der Waals surface area contributed by atoms with Gasteiger partial charge < -0.3 is 10.2 Å². The zero-order chi connectivity index (χ0) is 12.5. The summed E-state index contributed by atoms with van der Waals surface area (Å²) in [5.74, 6) is 0.240. The van der Waals surface area contributed by atoms with Crippen molar-refractivity contribution in [1.82, 2.24) is 10.2 Å². The maximum Gasteiger partial charge on any atom is 0.222 e. The minimum absolute atomic E-state index is 0.240. The molecule has 0 aromatic heterocycles. The predicted molar refractivity (Wildman–Crippen MR) is 72.0 cm³/mol. The monoisotopic (exact) mass is 240 g/mol. The van der Waals surface area contributed by atoms with Gasteiger partial charge in [-0.15, -0.1) is 0 Å². The third-order valence-corrected chi connectivity index (χ3v) is 3.60. The molecule has 3 heteroatoms. The van der Waals surface area contributed by atoms with Crippen molar-refractivity contribution in [2.24, 2.45) is 0 Å². The molecule has 0 bridgehead atoms. The first-order valence-electron chi connectivity index (χ1n) is 7.13. The van der Waals surface area contributed by atoms with Gasteiger partial charge in [0.25, 0.3) is 0 Å². The Bertz CT molecular complexity index is 208. The first-order chi connectivity index (χ1) is 8.20. The third kappa shape index (κ3) is 6.67. The van der Waals surface area contributed by atoms with Gasteiger partial charge in [0.1, 0.15) is 0 Å². The van der Waals surface area contributed by atoms with Crippen LogP contribution in [-0.4, -0.2) is 37.5 Å². The van der Waals surface area contributed by atoms with E-state index in [1.54, 1.807) is 4.90 Å². The Morgan fingerprint density at radius 2 is 1.71 bits per heavy atom. The molecule has 1 saturated carbocycles. The van der Waals surface area contributed by atoms with Gasteiger partial charge in [-0.25, -0.2) is 0 Å². The second kappa shape index (κ2) is 8.51. The van der Waals surface area contributed by atoms with Crippen molar-refractivity contribution in [2.75, 3.05) is 20.6 Å². The Morgan fingerprint density at radius 3 is 2.29 bits per heavy atom. The second-order valence-corrected chi connectivity index (χ2v) is 5.39. The largest absolute Gasteiger partial charge is 0.349 e. The fourth-order valence-corrected chi connectivity index (χ4v) is 2.43. The Balaban J connectivity index is 2.06. The summed E-state index contributed by atoms with van der Waals surface area (Å²) in [6.45, 7) is 0.990. The summed E-state index contributed by atoms with van der Waals surface area (Å²) in [4.78, 5) is 13.1. The molecule has 0 saturated heterocycles. The molecule has 1 amide bonds. The van der Waals surface area contributed by atoms with Crippen LogP contribution in [0.5, 0.6) is 0 Å². The molecule has 0 heterocycles. The first kappa shape index (κ1) is 14.5. The molecule has 0 aromatic rings. The third-order valence-electron chi connectivity index (χ3n) is 3.60. The molecular weight excluding hydrogens is 212 g/mol. The summed E-state index contributed by atoms with van der Waals surface area (Å²) in [6, 6.07) is 0.699. The van der Waals surface area contributed by atoms with Crippen molar-refractivity contribution < 1.29 is 4.79 Å². The molecule has 0 aliphatic heterocycles. The van der Waals surface area contributed by atoms with E-state index in [9.17, 15) is 4.79 Å². The van der Waals surface area contributed by atoms with E-state index in [2.05, 4.69) is 5.32 Å². The molecule has 1 aliphatic carbocycles. The average molecular weight is 240 g/mol. The highest BCUT2D eigenvalue weighted by atomic mass is 16.2. The summed E-state index contributed by atoms with van der Waals surface area (Å²) < 4.78 is 0. The Hall–Kier alpha value is -0.570. The highest BCUT2D eigenvalue weighted by Crippen LogP contribution is 2.16. The van der Waals surface area contributed by atoms with Gasteiger partial charge in [0.05, 0.1) is 0 Å². The van der Waals surface area contributed by atoms with Crippen LogP contribution >= 0.6 is 0 Å². The van der Waals surface area contributed by atoms with Gasteiger partial charge in [0, 0.05) is 26.6 Å². The van der Waals surface area contributed by atoms with Crippen molar-refractivity contribution in [2.45, 2.75) is 63.8 Å². The van der Waals surface area contributed by atoms with Crippen LogP contribution in [0.3, 0.4) is 0 Å². The molecule has 17 heavy (non-hydrogen) atoms. The summed E-state index contributed by atoms with van der Waals surface area (Å²) in [6.07, 6.45) is 11.2. The molecule has 0 aromatic carbocycles. The molecule has 1 aliphatic rings. The molecule has 0 spiro atoms. The molecule has 1 fully saturated rings. The SMILES string of the molecule is CN(C)C(=O)CCCNC1CCCCCCC1. The van der Waals surface area contributed by atoms with E-state index in [1.807, 2.05) is 14.1 Å². The average Bonchev–Trinajstić information content (AvgIpc) is 2.25. The van der Waals surface area contributed by atoms with Gasteiger partial charge in [-0.2, -0.15) is 0 Å². The number of carbonyl (C=O) groups excluding carboxylic acids is 1. The minimum atomic E-state index is 0.240. The number of nitrogens with one attached hydrogen (secondary N) is 1. The van der Waals surface area contributed by atoms with E-state index in [-0.39, 0.29) is 5.91 Å². The molecule has 1 rings (SSSR count). The highest BCUT2D eigenvalue weighted by molar-refractivity contribution is 5.75. The van der Waals surface area contributed by atoms with Crippen LogP contribution < -0.4 is 5.32 Å². The number of nitrogens with zero attached hydrogens (tertiary/aromatic N) is 1. The Morgan fingerprint density at radius 1 is 1.12 bits per heavy atom. The van der Waals surface area contributed by atoms with E-state index in [0.717, 1.165) is 13.0 Å². The zero-order valence-corrected chi connectivity index (χ0v) is 11.5. The lowest BCUT2D eigenvalue weighted by atomic mass is 9.97. The van der Waals surface area contributed by atoms with Crippen molar-refractivity contribution >= 4 is 5.91 Å². The topological polar surface area (TPSA) is 32.3 Å². The van der Waals surface area contributed by atoms with Crippen molar-refractivity contribution in [1.29, 1.82) is 0 Å². The van der Waals surface area contributed by atoms with Gasteiger partial charge in [-0.3, -0.25) is 4.79 Å². The van der Waals surface area contributed by atoms with Crippen LogP contribution in [0, 0.1) is 0 Å². The fourth-order valence-electron chi connectivity index (χ4n) is 2.43. The molecule has 0 atom stereocenters. The van der Waals surface area contributed by atoms with E-state index in [0.29, 0.717) is 12.5 Å². The molecule has 0 radical (unpaired) electrons. The fraction of sp³-hybridized carbons (Fsp3) is 0.929. The van der Waals surface area contributed by atoms with Crippen LogP contribution in [0.1, 0.15) is 57.8 Å². The summed E-state index contributed by atoms with van der Waals surface area (Å²) in [5, 5.41) is 3.61. The lowest BCUT2D eigenvalue weighted by Crippen LogP contribution is -2.31. The van der Waals surface area contributed by atoms with Gasteiger partial charge in [0.2, 0.25) is 5.91 Å². The molecule has 1 N–H and O–H groups in total. The summed E-state index contributed by atoms with van der Waals surface area (Å²) in [7, 11) is 3.65. The van der Waals surface area contributed by atoms with Crippen LogP contribution in [0.4, 0.5) is 0 Å². The maximum atomic E-state index is 11.4. The molecule has 100 valence electrons. The van der Waals surface area contributed by atoms with E-state index < -0.39 is 0 Å².